The normalized spacial score (nSPS) is 11.5. The highest BCUT2D eigenvalue weighted by Gasteiger charge is 2.18. The van der Waals surface area contributed by atoms with E-state index in [2.05, 4.69) is 48.1 Å². The van der Waals surface area contributed by atoms with Crippen LogP contribution >= 0.6 is 46.7 Å². The molecule has 0 N–H and O–H groups in total. The summed E-state index contributed by atoms with van der Waals surface area (Å²) in [6.45, 7) is 4.54. The zero-order valence-corrected chi connectivity index (χ0v) is 43.3. The number of thioether (sulfide) groups is 2. The lowest BCUT2D eigenvalue weighted by Crippen LogP contribution is -2.11. The molecule has 0 amide bonds. The van der Waals surface area contributed by atoms with Crippen molar-refractivity contribution in [1.29, 1.82) is 0 Å². The molecule has 0 aliphatic carbocycles. The van der Waals surface area contributed by atoms with Crippen molar-refractivity contribution in [3.63, 3.8) is 0 Å². The summed E-state index contributed by atoms with van der Waals surface area (Å²) >= 11 is 16.6. The number of nitrogens with zero attached hydrogens (tertiary/aromatic N) is 2. The Morgan fingerprint density at radius 1 is 0.441 bits per heavy atom. The number of esters is 2. The fraction of sp³-hybridized carbons (Fsp3) is 0.414. The smallest absolute Gasteiger partial charge is 0.343 e. The molecule has 0 unspecified atom stereocenters. The van der Waals surface area contributed by atoms with Crippen LogP contribution in [0.15, 0.2) is 129 Å². The third-order valence-electron chi connectivity index (χ3n) is 11.6. The van der Waals surface area contributed by atoms with Gasteiger partial charge in [-0.05, 0) is 114 Å². The first-order valence-electron chi connectivity index (χ1n) is 25.0. The van der Waals surface area contributed by atoms with Crippen LogP contribution in [-0.2, 0) is 0 Å². The van der Waals surface area contributed by atoms with Crippen LogP contribution in [0.2, 0.25) is 10.0 Å². The molecule has 68 heavy (non-hydrogen) atoms. The van der Waals surface area contributed by atoms with Crippen LogP contribution in [0.1, 0.15) is 174 Å². The number of rotatable bonds is 32. The molecule has 0 saturated heterocycles. The predicted molar refractivity (Wildman–Crippen MR) is 292 cm³/mol. The maximum Gasteiger partial charge on any atom is 0.343 e. The minimum absolute atomic E-state index is 0.00637. The van der Waals surface area contributed by atoms with Gasteiger partial charge in [-0.3, -0.25) is 9.98 Å². The van der Waals surface area contributed by atoms with Crippen molar-refractivity contribution < 1.29 is 19.1 Å². The Kier molecular flexibility index (Phi) is 26.1. The monoisotopic (exact) mass is 992 g/mol. The lowest BCUT2D eigenvalue weighted by molar-refractivity contribution is 0.0733. The molecule has 10 heteroatoms. The summed E-state index contributed by atoms with van der Waals surface area (Å²) in [4.78, 5) is 38.0. The average molecular weight is 994 g/mol. The molecule has 0 spiro atoms. The number of carbonyl (C=O) groups excluding carboxylic acids is 2. The Hall–Kier alpha value is -4.34. The highest BCUT2D eigenvalue weighted by molar-refractivity contribution is 7.99. The van der Waals surface area contributed by atoms with Gasteiger partial charge < -0.3 is 9.47 Å². The Labute approximate surface area is 425 Å². The predicted octanol–water partition coefficient (Wildman–Crippen LogP) is 19.0. The van der Waals surface area contributed by atoms with Gasteiger partial charge in [-0.15, -0.1) is 23.5 Å². The Morgan fingerprint density at radius 2 is 0.765 bits per heavy atom. The fourth-order valence-electron chi connectivity index (χ4n) is 7.51. The minimum atomic E-state index is -0.632. The van der Waals surface area contributed by atoms with E-state index >= 15 is 0 Å². The van der Waals surface area contributed by atoms with Gasteiger partial charge in [0, 0.05) is 28.3 Å². The average Bonchev–Trinajstić information content (AvgIpc) is 3.36. The summed E-state index contributed by atoms with van der Waals surface area (Å²) in [5.41, 5.74) is 3.99. The summed E-state index contributed by atoms with van der Waals surface area (Å²) < 4.78 is 11.3. The standard InChI is InChI=1S/C58H70Cl2N2O4S2/c1-3-5-7-9-11-13-15-17-19-21-39-67-51-35-31-49(32-36-51)61-43-45-23-27-47(28-24-45)57(63)65-55-42-56(54(60)41-53(55)59)66-58(64)48-29-25-46(26-30-48)44-62-50-33-37-52(38-34-50)68-40-22-20-18-16-14-12-10-8-6-4-2/h23-38,41-44H,3-22,39-40H2,1-2H3. The molecular weight excluding hydrogens is 924 g/mol. The zero-order chi connectivity index (χ0) is 48.0. The van der Waals surface area contributed by atoms with E-state index in [1.165, 1.54) is 150 Å². The van der Waals surface area contributed by atoms with Gasteiger partial charge in [0.1, 0.15) is 0 Å². The van der Waals surface area contributed by atoms with Gasteiger partial charge in [0.05, 0.1) is 32.5 Å². The highest BCUT2D eigenvalue weighted by Crippen LogP contribution is 2.37. The van der Waals surface area contributed by atoms with Crippen LogP contribution in [0.25, 0.3) is 0 Å². The Morgan fingerprint density at radius 3 is 1.10 bits per heavy atom. The van der Waals surface area contributed by atoms with Crippen molar-refractivity contribution in [2.75, 3.05) is 11.5 Å². The van der Waals surface area contributed by atoms with Crippen LogP contribution in [0.5, 0.6) is 11.5 Å². The molecule has 5 aromatic rings. The molecule has 6 nitrogen and oxygen atoms in total. The second-order valence-corrected chi connectivity index (χ2v) is 20.5. The molecule has 0 heterocycles. The second kappa shape index (κ2) is 32.5. The van der Waals surface area contributed by atoms with Gasteiger partial charge in [0.2, 0.25) is 0 Å². The van der Waals surface area contributed by atoms with Crippen LogP contribution in [0, 0.1) is 0 Å². The Bertz CT molecular complexity index is 2120. The highest BCUT2D eigenvalue weighted by atomic mass is 35.5. The number of halogens is 2. The first-order chi connectivity index (χ1) is 33.3. The van der Waals surface area contributed by atoms with Crippen LogP contribution in [-0.4, -0.2) is 35.9 Å². The molecule has 0 aromatic heterocycles. The molecule has 0 saturated carbocycles. The summed E-state index contributed by atoms with van der Waals surface area (Å²) in [5.74, 6) is 1.02. The molecule has 5 rings (SSSR count). The van der Waals surface area contributed by atoms with E-state index in [4.69, 9.17) is 32.7 Å². The van der Waals surface area contributed by atoms with E-state index in [0.717, 1.165) is 34.0 Å². The van der Waals surface area contributed by atoms with Crippen LogP contribution in [0.3, 0.4) is 0 Å². The fourth-order valence-corrected chi connectivity index (χ4v) is 9.79. The number of hydrogen-bond acceptors (Lipinski definition) is 8. The number of aliphatic imine (C=N–C) groups is 2. The van der Waals surface area contributed by atoms with E-state index in [1.807, 2.05) is 47.8 Å². The third-order valence-corrected chi connectivity index (χ3v) is 14.4. The second-order valence-electron chi connectivity index (χ2n) is 17.3. The van der Waals surface area contributed by atoms with E-state index in [-0.39, 0.29) is 21.5 Å². The van der Waals surface area contributed by atoms with Gasteiger partial charge in [-0.1, -0.05) is 177 Å². The molecule has 0 aliphatic rings. The number of hydrogen-bond donors (Lipinski definition) is 0. The summed E-state index contributed by atoms with van der Waals surface area (Å²) in [6.07, 6.45) is 30.5. The molecule has 0 radical (unpaired) electrons. The zero-order valence-electron chi connectivity index (χ0n) is 40.2. The van der Waals surface area contributed by atoms with Crippen molar-refractivity contribution in [3.05, 3.63) is 141 Å². The van der Waals surface area contributed by atoms with Crippen molar-refractivity contribution >= 4 is 82.5 Å². The lowest BCUT2D eigenvalue weighted by Gasteiger charge is -2.11. The topological polar surface area (TPSA) is 77.3 Å². The van der Waals surface area contributed by atoms with Crippen molar-refractivity contribution in [2.45, 2.75) is 152 Å². The Balaban J connectivity index is 1.01. The summed E-state index contributed by atoms with van der Waals surface area (Å²) in [6, 6.07) is 33.1. The van der Waals surface area contributed by atoms with E-state index in [1.54, 1.807) is 61.0 Å². The maximum atomic E-state index is 13.2. The summed E-state index contributed by atoms with van der Waals surface area (Å²) in [7, 11) is 0. The van der Waals surface area contributed by atoms with Crippen molar-refractivity contribution in [3.8, 4) is 11.5 Å². The molecule has 0 fully saturated rings. The van der Waals surface area contributed by atoms with Crippen molar-refractivity contribution in [1.82, 2.24) is 0 Å². The van der Waals surface area contributed by atoms with Gasteiger partial charge >= 0.3 is 11.9 Å². The molecule has 5 aromatic carbocycles. The van der Waals surface area contributed by atoms with Gasteiger partial charge in [0.25, 0.3) is 0 Å². The molecular formula is C58H70Cl2N2O4S2. The van der Waals surface area contributed by atoms with E-state index in [0.29, 0.717) is 11.1 Å². The van der Waals surface area contributed by atoms with E-state index in [9.17, 15) is 9.59 Å². The number of carbonyl (C=O) groups is 2. The molecule has 0 aliphatic heterocycles. The molecule has 0 atom stereocenters. The molecule has 362 valence electrons. The maximum absolute atomic E-state index is 13.2. The first kappa shape index (κ1) is 54.6. The van der Waals surface area contributed by atoms with E-state index < -0.39 is 11.9 Å². The molecule has 0 bridgehead atoms. The van der Waals surface area contributed by atoms with Crippen LogP contribution < -0.4 is 9.47 Å². The van der Waals surface area contributed by atoms with Gasteiger partial charge in [-0.2, -0.15) is 0 Å². The number of ether oxygens (including phenoxy) is 2. The minimum Gasteiger partial charge on any atom is -0.421 e. The van der Waals surface area contributed by atoms with Gasteiger partial charge in [0.15, 0.2) is 11.5 Å². The SMILES string of the molecule is CCCCCCCCCCCCSc1ccc(N=Cc2ccc(C(=O)Oc3cc(OC(=O)c4ccc(C=Nc5ccc(SCCCCCCCCCCCC)cc5)cc4)c(Cl)cc3Cl)cc2)cc1. The number of unbranched alkanes of at least 4 members (excludes halogenated alkanes) is 18. The lowest BCUT2D eigenvalue weighted by atomic mass is 10.1. The quantitative estimate of drug-likeness (QED) is 0.0140. The van der Waals surface area contributed by atoms with Crippen molar-refractivity contribution in [2.24, 2.45) is 9.98 Å². The summed E-state index contributed by atoms with van der Waals surface area (Å²) in [5, 5.41) is 0.188. The van der Waals surface area contributed by atoms with Gasteiger partial charge in [-0.25, -0.2) is 9.59 Å². The third kappa shape index (κ3) is 21.1. The van der Waals surface area contributed by atoms with Crippen LogP contribution in [0.4, 0.5) is 11.4 Å². The first-order valence-corrected chi connectivity index (χ1v) is 27.7. The largest absolute Gasteiger partial charge is 0.421 e. The number of benzene rings is 5.